The molecule has 7 heteroatoms. The molecule has 0 aliphatic heterocycles. The summed E-state index contributed by atoms with van der Waals surface area (Å²) in [5, 5.41) is 2.77. The molecule has 0 spiro atoms. The zero-order chi connectivity index (χ0) is 14.5. The first kappa shape index (κ1) is 18.2. The van der Waals surface area contributed by atoms with Crippen molar-refractivity contribution < 1.29 is 13.6 Å². The Bertz CT molecular complexity index is 476. The molecule has 3 N–H and O–H groups in total. The van der Waals surface area contributed by atoms with Crippen LogP contribution >= 0.6 is 24.2 Å². The fourth-order valence-corrected chi connectivity index (χ4v) is 3.25. The number of nitrogens with one attached hydrogen (secondary N) is 1. The molecule has 2 atom stereocenters. The van der Waals surface area contributed by atoms with Crippen LogP contribution in [-0.4, -0.2) is 18.2 Å². The molecule has 1 aliphatic rings. The summed E-state index contributed by atoms with van der Waals surface area (Å²) in [5.41, 5.74) is 6.12. The van der Waals surface area contributed by atoms with Gasteiger partial charge in [-0.3, -0.25) is 4.79 Å². The lowest BCUT2D eigenvalue weighted by Gasteiger charge is -2.18. The highest BCUT2D eigenvalue weighted by Gasteiger charge is 2.32. The first-order valence-electron chi connectivity index (χ1n) is 6.66. The van der Waals surface area contributed by atoms with Gasteiger partial charge in [0.15, 0.2) is 0 Å². The molecule has 1 fully saturated rings. The lowest BCUT2D eigenvalue weighted by Crippen LogP contribution is -2.29. The summed E-state index contributed by atoms with van der Waals surface area (Å²) in [6, 6.07) is 6.63. The standard InChI is InChI=1S/C14H18F2N2OS.ClH/c15-14(16)20-12-7-2-1-6-11(12)18-13(19)10-5-3-4-9(10)8-17;/h1-2,6-7,9-10,14H,3-5,8,17H2,(H,18,19);1H/t9-,10-;/m1./s1. The highest BCUT2D eigenvalue weighted by molar-refractivity contribution is 7.99. The Kier molecular flexibility index (Phi) is 7.42. The summed E-state index contributed by atoms with van der Waals surface area (Å²) >= 11 is 0.443. The summed E-state index contributed by atoms with van der Waals surface area (Å²) in [5.74, 6) is -2.52. The maximum Gasteiger partial charge on any atom is 0.288 e. The van der Waals surface area contributed by atoms with Gasteiger partial charge in [-0.05, 0) is 37.4 Å². The number of thioether (sulfide) groups is 1. The van der Waals surface area contributed by atoms with Gasteiger partial charge >= 0.3 is 0 Å². The van der Waals surface area contributed by atoms with Gasteiger partial charge in [-0.25, -0.2) is 0 Å². The molecule has 1 aromatic carbocycles. The number of nitrogens with two attached hydrogens (primary N) is 1. The van der Waals surface area contributed by atoms with E-state index in [2.05, 4.69) is 5.32 Å². The fourth-order valence-electron chi connectivity index (χ4n) is 2.66. The average Bonchev–Trinajstić information content (AvgIpc) is 2.88. The van der Waals surface area contributed by atoms with Crippen molar-refractivity contribution in [2.75, 3.05) is 11.9 Å². The van der Waals surface area contributed by atoms with Crippen LogP contribution in [0.1, 0.15) is 19.3 Å². The zero-order valence-electron chi connectivity index (χ0n) is 11.4. The van der Waals surface area contributed by atoms with E-state index in [1.807, 2.05) is 0 Å². The van der Waals surface area contributed by atoms with Crippen molar-refractivity contribution in [1.29, 1.82) is 0 Å². The minimum absolute atomic E-state index is 0. The van der Waals surface area contributed by atoms with Gasteiger partial charge < -0.3 is 11.1 Å². The summed E-state index contributed by atoms with van der Waals surface area (Å²) in [6.07, 6.45) is 2.77. The van der Waals surface area contributed by atoms with Crippen molar-refractivity contribution >= 4 is 35.8 Å². The molecule has 0 unspecified atom stereocenters. The van der Waals surface area contributed by atoms with E-state index in [-0.39, 0.29) is 30.2 Å². The number of para-hydroxylation sites is 1. The molecule has 1 aliphatic carbocycles. The number of carbonyl (C=O) groups is 1. The number of hydrogen-bond donors (Lipinski definition) is 2. The molecule has 0 saturated heterocycles. The second-order valence-corrected chi connectivity index (χ2v) is 5.93. The number of hydrogen-bond acceptors (Lipinski definition) is 3. The van der Waals surface area contributed by atoms with E-state index < -0.39 is 5.76 Å². The van der Waals surface area contributed by atoms with Crippen LogP contribution in [0.5, 0.6) is 0 Å². The predicted octanol–water partition coefficient (Wildman–Crippen LogP) is 3.74. The van der Waals surface area contributed by atoms with Crippen molar-refractivity contribution in [3.05, 3.63) is 24.3 Å². The molecule has 21 heavy (non-hydrogen) atoms. The molecule has 0 radical (unpaired) electrons. The van der Waals surface area contributed by atoms with Gasteiger partial charge in [0.1, 0.15) is 0 Å². The van der Waals surface area contributed by atoms with Gasteiger partial charge in [0.2, 0.25) is 5.91 Å². The Balaban J connectivity index is 0.00000220. The van der Waals surface area contributed by atoms with Crippen molar-refractivity contribution in [3.8, 4) is 0 Å². The molecule has 1 saturated carbocycles. The summed E-state index contributed by atoms with van der Waals surface area (Å²) in [7, 11) is 0. The van der Waals surface area contributed by atoms with E-state index in [9.17, 15) is 13.6 Å². The number of carbonyl (C=O) groups excluding carboxylic acids is 1. The monoisotopic (exact) mass is 336 g/mol. The summed E-state index contributed by atoms with van der Waals surface area (Å²) in [4.78, 5) is 12.6. The third-order valence-electron chi connectivity index (χ3n) is 3.66. The van der Waals surface area contributed by atoms with Crippen LogP contribution in [0.4, 0.5) is 14.5 Å². The quantitative estimate of drug-likeness (QED) is 0.805. The number of amides is 1. The molecule has 118 valence electrons. The zero-order valence-corrected chi connectivity index (χ0v) is 13.1. The molecular formula is C14H19ClF2N2OS. The van der Waals surface area contributed by atoms with E-state index in [1.165, 1.54) is 0 Å². The Morgan fingerprint density at radius 2 is 2.10 bits per heavy atom. The average molecular weight is 337 g/mol. The normalized spacial score (nSPS) is 21.1. The molecule has 0 bridgehead atoms. The lowest BCUT2D eigenvalue weighted by molar-refractivity contribution is -0.120. The predicted molar refractivity (Wildman–Crippen MR) is 84.1 cm³/mol. The van der Waals surface area contributed by atoms with E-state index in [4.69, 9.17) is 5.73 Å². The molecule has 0 heterocycles. The van der Waals surface area contributed by atoms with Crippen molar-refractivity contribution in [1.82, 2.24) is 0 Å². The maximum atomic E-state index is 12.5. The van der Waals surface area contributed by atoms with Gasteiger partial charge in [-0.1, -0.05) is 30.3 Å². The maximum absolute atomic E-state index is 12.5. The number of benzene rings is 1. The number of halogens is 3. The minimum atomic E-state index is -2.50. The van der Waals surface area contributed by atoms with Crippen LogP contribution < -0.4 is 11.1 Å². The summed E-state index contributed by atoms with van der Waals surface area (Å²) < 4.78 is 25.0. The Morgan fingerprint density at radius 1 is 1.38 bits per heavy atom. The SMILES string of the molecule is Cl.NC[C@H]1CCC[C@H]1C(=O)Nc1ccccc1SC(F)F. The van der Waals surface area contributed by atoms with E-state index in [0.29, 0.717) is 28.9 Å². The van der Waals surface area contributed by atoms with Crippen molar-refractivity contribution in [2.45, 2.75) is 29.9 Å². The van der Waals surface area contributed by atoms with Gasteiger partial charge in [0.25, 0.3) is 5.76 Å². The third kappa shape index (κ3) is 4.83. The van der Waals surface area contributed by atoms with E-state index in [0.717, 1.165) is 19.3 Å². The molecule has 2 rings (SSSR count). The van der Waals surface area contributed by atoms with Crippen LogP contribution in [0.3, 0.4) is 0 Å². The molecule has 3 nitrogen and oxygen atoms in total. The van der Waals surface area contributed by atoms with Gasteiger partial charge in [-0.2, -0.15) is 8.78 Å². The first-order chi connectivity index (χ1) is 9.61. The Labute approximate surface area is 133 Å². The molecule has 1 aromatic rings. The number of anilines is 1. The van der Waals surface area contributed by atoms with Crippen LogP contribution in [-0.2, 0) is 4.79 Å². The molecule has 1 amide bonds. The highest BCUT2D eigenvalue weighted by atomic mass is 35.5. The molecular weight excluding hydrogens is 318 g/mol. The Hall–Kier alpha value is -0.850. The van der Waals surface area contributed by atoms with Crippen molar-refractivity contribution in [3.63, 3.8) is 0 Å². The van der Waals surface area contributed by atoms with Crippen LogP contribution in [0.15, 0.2) is 29.2 Å². The smallest absolute Gasteiger partial charge is 0.288 e. The summed E-state index contributed by atoms with van der Waals surface area (Å²) in [6.45, 7) is 0.492. The van der Waals surface area contributed by atoms with Gasteiger partial charge in [0.05, 0.1) is 5.69 Å². The first-order valence-corrected chi connectivity index (χ1v) is 7.54. The third-order valence-corrected chi connectivity index (χ3v) is 4.45. The Morgan fingerprint density at radius 3 is 2.76 bits per heavy atom. The van der Waals surface area contributed by atoms with Crippen molar-refractivity contribution in [2.24, 2.45) is 17.6 Å². The largest absolute Gasteiger partial charge is 0.330 e. The number of rotatable bonds is 5. The molecule has 0 aromatic heterocycles. The van der Waals surface area contributed by atoms with E-state index in [1.54, 1.807) is 24.3 Å². The highest BCUT2D eigenvalue weighted by Crippen LogP contribution is 2.35. The second-order valence-electron chi connectivity index (χ2n) is 4.90. The van der Waals surface area contributed by atoms with Crippen LogP contribution in [0.2, 0.25) is 0 Å². The van der Waals surface area contributed by atoms with Gasteiger partial charge in [0, 0.05) is 10.8 Å². The minimum Gasteiger partial charge on any atom is -0.330 e. The van der Waals surface area contributed by atoms with E-state index >= 15 is 0 Å². The lowest BCUT2D eigenvalue weighted by atomic mass is 9.95. The van der Waals surface area contributed by atoms with Crippen LogP contribution in [0.25, 0.3) is 0 Å². The second kappa shape index (κ2) is 8.56. The topological polar surface area (TPSA) is 55.1 Å². The number of alkyl halides is 2. The fraction of sp³-hybridized carbons (Fsp3) is 0.500. The van der Waals surface area contributed by atoms with Gasteiger partial charge in [-0.15, -0.1) is 12.4 Å². The van der Waals surface area contributed by atoms with Crippen LogP contribution in [0, 0.1) is 11.8 Å².